The van der Waals surface area contributed by atoms with Gasteiger partial charge in [-0.1, -0.05) is 17.7 Å². The van der Waals surface area contributed by atoms with Gasteiger partial charge in [-0.15, -0.1) is 10.2 Å². The second-order valence-electron chi connectivity index (χ2n) is 5.29. The highest BCUT2D eigenvalue weighted by molar-refractivity contribution is 6.30. The molecule has 6 nitrogen and oxygen atoms in total. The number of halogens is 4. The molecule has 1 aromatic heterocycles. The summed E-state index contributed by atoms with van der Waals surface area (Å²) in [5, 5.41) is 9.31. The maximum Gasteiger partial charge on any atom is 0.418 e. The Morgan fingerprint density at radius 1 is 1.19 bits per heavy atom. The Balaban J connectivity index is 1.85. The van der Waals surface area contributed by atoms with Crippen LogP contribution in [0.3, 0.4) is 0 Å². The summed E-state index contributed by atoms with van der Waals surface area (Å²) < 4.78 is 49.6. The van der Waals surface area contributed by atoms with Crippen molar-refractivity contribution in [3.8, 4) is 17.2 Å². The van der Waals surface area contributed by atoms with Gasteiger partial charge in [0.05, 0.1) is 18.4 Å². The number of carbonyl (C=O) groups excluding carboxylic acids is 1. The molecule has 0 fully saturated rings. The molecule has 1 heterocycles. The summed E-state index contributed by atoms with van der Waals surface area (Å²) in [5.41, 5.74) is -1.07. The van der Waals surface area contributed by atoms with Crippen molar-refractivity contribution in [2.75, 3.05) is 12.4 Å². The Hall–Kier alpha value is -3.07. The largest absolute Gasteiger partial charge is 0.497 e. The van der Waals surface area contributed by atoms with Gasteiger partial charge in [0.25, 0.3) is 0 Å². The molecular formula is C17H11ClF3N3O3. The fourth-order valence-corrected chi connectivity index (χ4v) is 2.40. The molecule has 1 amide bonds. The third kappa shape index (κ3) is 4.20. The summed E-state index contributed by atoms with van der Waals surface area (Å²) in [6.45, 7) is 0. The molecule has 27 heavy (non-hydrogen) atoms. The van der Waals surface area contributed by atoms with Crippen molar-refractivity contribution in [2.45, 2.75) is 6.18 Å². The Labute approximate surface area is 155 Å². The SMILES string of the molecule is COc1cccc(-c2nnc(C(=O)Nc3ccc(Cl)cc3C(F)(F)F)o2)c1. The summed E-state index contributed by atoms with van der Waals surface area (Å²) >= 11 is 5.61. The second-order valence-corrected chi connectivity index (χ2v) is 5.72. The third-order valence-corrected chi connectivity index (χ3v) is 3.71. The summed E-state index contributed by atoms with van der Waals surface area (Å²) in [4.78, 5) is 12.2. The van der Waals surface area contributed by atoms with Gasteiger partial charge >= 0.3 is 18.0 Å². The Morgan fingerprint density at radius 3 is 2.67 bits per heavy atom. The number of benzene rings is 2. The van der Waals surface area contributed by atoms with E-state index in [9.17, 15) is 18.0 Å². The van der Waals surface area contributed by atoms with Crippen molar-refractivity contribution >= 4 is 23.2 Å². The summed E-state index contributed by atoms with van der Waals surface area (Å²) in [5.74, 6) is -0.917. The standard InChI is InChI=1S/C17H11ClF3N3O3/c1-26-11-4-2-3-9(7-11)15-23-24-16(27-15)14(25)22-13-6-5-10(18)8-12(13)17(19,20)21/h2-8H,1H3,(H,22,25). The minimum absolute atomic E-state index is 0.0196. The van der Waals surface area contributed by atoms with E-state index in [0.29, 0.717) is 17.4 Å². The van der Waals surface area contributed by atoms with Crippen LogP contribution < -0.4 is 10.1 Å². The molecule has 0 unspecified atom stereocenters. The number of aromatic nitrogens is 2. The maximum absolute atomic E-state index is 13.1. The van der Waals surface area contributed by atoms with Crippen LogP contribution in [-0.4, -0.2) is 23.2 Å². The highest BCUT2D eigenvalue weighted by Crippen LogP contribution is 2.36. The molecule has 3 aromatic rings. The van der Waals surface area contributed by atoms with Gasteiger partial charge in [0.1, 0.15) is 5.75 Å². The molecule has 0 aliphatic rings. The minimum Gasteiger partial charge on any atom is -0.497 e. The highest BCUT2D eigenvalue weighted by Gasteiger charge is 2.34. The fraction of sp³-hybridized carbons (Fsp3) is 0.118. The molecule has 0 aliphatic carbocycles. The highest BCUT2D eigenvalue weighted by atomic mass is 35.5. The lowest BCUT2D eigenvalue weighted by Gasteiger charge is -2.13. The van der Waals surface area contributed by atoms with E-state index < -0.39 is 29.2 Å². The first-order valence-corrected chi connectivity index (χ1v) is 7.82. The van der Waals surface area contributed by atoms with Crippen molar-refractivity contribution in [2.24, 2.45) is 0 Å². The number of anilines is 1. The van der Waals surface area contributed by atoms with Crippen LogP contribution in [-0.2, 0) is 6.18 Å². The van der Waals surface area contributed by atoms with Crippen LogP contribution in [0, 0.1) is 0 Å². The molecule has 0 atom stereocenters. The van der Waals surface area contributed by atoms with E-state index in [1.807, 2.05) is 0 Å². The Bertz CT molecular complexity index is 989. The summed E-state index contributed by atoms with van der Waals surface area (Å²) in [6, 6.07) is 9.62. The van der Waals surface area contributed by atoms with Crippen LogP contribution >= 0.6 is 11.6 Å². The molecule has 3 rings (SSSR count). The monoisotopic (exact) mass is 397 g/mol. The van der Waals surface area contributed by atoms with Gasteiger partial charge in [0, 0.05) is 10.6 Å². The number of hydrogen-bond donors (Lipinski definition) is 1. The van der Waals surface area contributed by atoms with Gasteiger partial charge in [0.2, 0.25) is 5.89 Å². The number of methoxy groups -OCH3 is 1. The van der Waals surface area contributed by atoms with Crippen LogP contribution in [0.2, 0.25) is 5.02 Å². The van der Waals surface area contributed by atoms with Crippen molar-refractivity contribution in [3.63, 3.8) is 0 Å². The Kier molecular flexibility index (Phi) is 5.04. The topological polar surface area (TPSA) is 77.2 Å². The van der Waals surface area contributed by atoms with Gasteiger partial charge in [-0.25, -0.2) is 0 Å². The quantitative estimate of drug-likeness (QED) is 0.692. The zero-order valence-corrected chi connectivity index (χ0v) is 14.4. The van der Waals surface area contributed by atoms with E-state index >= 15 is 0 Å². The molecule has 0 saturated carbocycles. The summed E-state index contributed by atoms with van der Waals surface area (Å²) in [6.07, 6.45) is -4.70. The van der Waals surface area contributed by atoms with Crippen molar-refractivity contribution in [1.29, 1.82) is 0 Å². The molecule has 10 heteroatoms. The number of carbonyl (C=O) groups is 1. The fourth-order valence-electron chi connectivity index (χ4n) is 2.22. The molecule has 0 radical (unpaired) electrons. The molecular weight excluding hydrogens is 387 g/mol. The normalized spacial score (nSPS) is 11.3. The van der Waals surface area contributed by atoms with Crippen molar-refractivity contribution < 1.29 is 27.1 Å². The van der Waals surface area contributed by atoms with Gasteiger partial charge in [-0.05, 0) is 36.4 Å². The third-order valence-electron chi connectivity index (χ3n) is 3.47. The van der Waals surface area contributed by atoms with E-state index in [4.69, 9.17) is 20.8 Å². The number of alkyl halides is 3. The first kappa shape index (κ1) is 18.7. The molecule has 0 aliphatic heterocycles. The number of hydrogen-bond acceptors (Lipinski definition) is 5. The van der Waals surface area contributed by atoms with Gasteiger partial charge in [-0.3, -0.25) is 4.79 Å². The number of ether oxygens (including phenoxy) is 1. The predicted molar refractivity (Wildman–Crippen MR) is 90.7 cm³/mol. The van der Waals surface area contributed by atoms with E-state index in [1.54, 1.807) is 24.3 Å². The lowest BCUT2D eigenvalue weighted by molar-refractivity contribution is -0.136. The zero-order valence-electron chi connectivity index (χ0n) is 13.7. The zero-order chi connectivity index (χ0) is 19.6. The average Bonchev–Trinajstić information content (AvgIpc) is 3.13. The van der Waals surface area contributed by atoms with Crippen LogP contribution in [0.15, 0.2) is 46.9 Å². The Morgan fingerprint density at radius 2 is 1.96 bits per heavy atom. The van der Waals surface area contributed by atoms with Crippen molar-refractivity contribution in [1.82, 2.24) is 10.2 Å². The lowest BCUT2D eigenvalue weighted by atomic mass is 10.1. The molecule has 1 N–H and O–H groups in total. The molecule has 0 bridgehead atoms. The number of nitrogens with one attached hydrogen (secondary N) is 1. The summed E-state index contributed by atoms with van der Waals surface area (Å²) in [7, 11) is 1.48. The van der Waals surface area contributed by atoms with Gasteiger partial charge < -0.3 is 14.5 Å². The van der Waals surface area contributed by atoms with E-state index in [0.717, 1.165) is 6.07 Å². The van der Waals surface area contributed by atoms with Crippen LogP contribution in [0.5, 0.6) is 5.75 Å². The van der Waals surface area contributed by atoms with Crippen LogP contribution in [0.4, 0.5) is 18.9 Å². The van der Waals surface area contributed by atoms with E-state index in [1.165, 1.54) is 13.2 Å². The second kappa shape index (κ2) is 7.28. The number of rotatable bonds is 4. The van der Waals surface area contributed by atoms with Gasteiger partial charge in [-0.2, -0.15) is 13.2 Å². The molecule has 0 saturated heterocycles. The number of amides is 1. The number of nitrogens with zero attached hydrogens (tertiary/aromatic N) is 2. The van der Waals surface area contributed by atoms with Crippen molar-refractivity contribution in [3.05, 3.63) is 58.9 Å². The minimum atomic E-state index is -4.70. The maximum atomic E-state index is 13.1. The van der Waals surface area contributed by atoms with E-state index in [-0.39, 0.29) is 10.9 Å². The molecule has 0 spiro atoms. The lowest BCUT2D eigenvalue weighted by Crippen LogP contribution is -2.17. The molecule has 140 valence electrons. The van der Waals surface area contributed by atoms with Crippen LogP contribution in [0.25, 0.3) is 11.5 Å². The predicted octanol–water partition coefficient (Wildman–Crippen LogP) is 4.67. The van der Waals surface area contributed by atoms with E-state index in [2.05, 4.69) is 15.5 Å². The smallest absolute Gasteiger partial charge is 0.418 e. The van der Waals surface area contributed by atoms with Crippen LogP contribution in [0.1, 0.15) is 16.2 Å². The first-order valence-electron chi connectivity index (χ1n) is 7.44. The molecule has 2 aromatic carbocycles. The first-order chi connectivity index (χ1) is 12.8. The average molecular weight is 398 g/mol. The van der Waals surface area contributed by atoms with Gasteiger partial charge in [0.15, 0.2) is 0 Å².